The van der Waals surface area contributed by atoms with Crippen molar-refractivity contribution in [3.63, 3.8) is 0 Å². The van der Waals surface area contributed by atoms with Crippen molar-refractivity contribution in [1.82, 2.24) is 29.1 Å². The van der Waals surface area contributed by atoms with E-state index in [1.165, 1.54) is 0 Å². The summed E-state index contributed by atoms with van der Waals surface area (Å²) in [5, 5.41) is 4.53. The number of benzene rings is 9. The van der Waals surface area contributed by atoms with Crippen LogP contribution >= 0.6 is 0 Å². The van der Waals surface area contributed by atoms with Crippen molar-refractivity contribution in [2.45, 2.75) is 0 Å². The largest absolute Gasteiger partial charge is 0.277 e. The molecule has 9 aromatic carbocycles. The first-order valence-corrected chi connectivity index (χ1v) is 22.9. The van der Waals surface area contributed by atoms with E-state index in [1.54, 1.807) is 0 Å². The number of rotatable bonds is 8. The Morgan fingerprint density at radius 3 is 0.897 bits per heavy atom. The van der Waals surface area contributed by atoms with Crippen LogP contribution < -0.4 is 0 Å². The smallest absolute Gasteiger partial charge is 0.235 e. The molecule has 0 spiro atoms. The fourth-order valence-corrected chi connectivity index (χ4v) is 9.87. The number of hydrogen-bond acceptors (Lipinski definition) is 4. The average molecular weight is 869 g/mol. The van der Waals surface area contributed by atoms with E-state index < -0.39 is 0 Å². The van der Waals surface area contributed by atoms with Crippen LogP contribution in [0.15, 0.2) is 243 Å². The van der Waals surface area contributed by atoms with Crippen LogP contribution in [0.3, 0.4) is 0 Å². The highest BCUT2D eigenvalue weighted by Gasteiger charge is 2.23. The molecule has 0 saturated heterocycles. The van der Waals surface area contributed by atoms with Crippen molar-refractivity contribution in [2.24, 2.45) is 0 Å². The first-order valence-electron chi connectivity index (χ1n) is 22.9. The zero-order valence-electron chi connectivity index (χ0n) is 36.8. The molecule has 4 heterocycles. The maximum absolute atomic E-state index is 5.35. The van der Waals surface area contributed by atoms with E-state index in [4.69, 9.17) is 19.9 Å². The second-order valence-corrected chi connectivity index (χ2v) is 17.0. The maximum Gasteiger partial charge on any atom is 0.235 e. The number of aromatic nitrogens is 6. The third-order valence-electron chi connectivity index (χ3n) is 13.0. The summed E-state index contributed by atoms with van der Waals surface area (Å²) >= 11 is 0. The van der Waals surface area contributed by atoms with Crippen molar-refractivity contribution < 1.29 is 0 Å². The predicted octanol–water partition coefficient (Wildman–Crippen LogP) is 15.5. The molecule has 0 atom stereocenters. The molecule has 0 amide bonds. The monoisotopic (exact) mass is 868 g/mol. The van der Waals surface area contributed by atoms with Gasteiger partial charge in [0.1, 0.15) is 0 Å². The van der Waals surface area contributed by atoms with E-state index in [-0.39, 0.29) is 0 Å². The Labute approximate surface area is 392 Å². The van der Waals surface area contributed by atoms with Gasteiger partial charge in [0.05, 0.1) is 44.8 Å². The molecule has 13 aromatic rings. The maximum atomic E-state index is 5.35. The number of nitrogens with zero attached hydrogens (tertiary/aromatic N) is 6. The molecule has 0 fully saturated rings. The molecule has 0 aliphatic heterocycles. The highest BCUT2D eigenvalue weighted by Crippen LogP contribution is 2.42. The lowest BCUT2D eigenvalue weighted by Gasteiger charge is -2.15. The molecule has 0 aliphatic rings. The number of fused-ring (bicyclic) bond motifs is 6. The molecule has 13 rings (SSSR count). The van der Waals surface area contributed by atoms with E-state index in [1.807, 2.05) is 24.3 Å². The topological polar surface area (TPSA) is 61.4 Å². The quantitative estimate of drug-likeness (QED) is 0.153. The van der Waals surface area contributed by atoms with Gasteiger partial charge in [0.25, 0.3) is 0 Å². The SMILES string of the molecule is c1ccc(-c2cc(-c3ccccc3)nc(-n3c4ccccc4c4cccc(-c5cccc(-c6cccc7c8ccccc8n(-c8nc(-c9ccccc9)cc(-c9ccccc9)n8)c67)c5)c43)n2)cc1. The van der Waals surface area contributed by atoms with Gasteiger partial charge in [-0.2, -0.15) is 0 Å². The van der Waals surface area contributed by atoms with Gasteiger partial charge in [-0.05, 0) is 41.5 Å². The summed E-state index contributed by atoms with van der Waals surface area (Å²) in [6.07, 6.45) is 0. The first kappa shape index (κ1) is 39.1. The zero-order valence-corrected chi connectivity index (χ0v) is 36.8. The molecule has 0 radical (unpaired) electrons. The number of hydrogen-bond donors (Lipinski definition) is 0. The van der Waals surface area contributed by atoms with Gasteiger partial charge in [-0.1, -0.05) is 212 Å². The van der Waals surface area contributed by atoms with Crippen LogP contribution in [-0.2, 0) is 0 Å². The summed E-state index contributed by atoms with van der Waals surface area (Å²) in [5.74, 6) is 1.23. The van der Waals surface area contributed by atoms with Gasteiger partial charge in [-0.15, -0.1) is 0 Å². The first-order chi connectivity index (χ1) is 33.7. The van der Waals surface area contributed by atoms with Crippen molar-refractivity contribution in [1.29, 1.82) is 0 Å². The lowest BCUT2D eigenvalue weighted by Crippen LogP contribution is -2.05. The molecule has 0 N–H and O–H groups in total. The summed E-state index contributed by atoms with van der Waals surface area (Å²) in [7, 11) is 0. The van der Waals surface area contributed by atoms with Gasteiger partial charge in [0.15, 0.2) is 0 Å². The highest BCUT2D eigenvalue weighted by molar-refractivity contribution is 6.15. The third-order valence-corrected chi connectivity index (χ3v) is 13.0. The van der Waals surface area contributed by atoms with E-state index in [9.17, 15) is 0 Å². The molecule has 6 heteroatoms. The predicted molar refractivity (Wildman–Crippen MR) is 279 cm³/mol. The van der Waals surface area contributed by atoms with Crippen LogP contribution in [0.25, 0.3) is 123 Å². The molecule has 0 unspecified atom stereocenters. The van der Waals surface area contributed by atoms with Gasteiger partial charge in [-0.3, -0.25) is 9.13 Å². The summed E-state index contributed by atoms with van der Waals surface area (Å²) in [6, 6.07) is 85.0. The Morgan fingerprint density at radius 2 is 0.529 bits per heavy atom. The Balaban J connectivity index is 1.04. The van der Waals surface area contributed by atoms with Gasteiger partial charge in [0, 0.05) is 54.9 Å². The van der Waals surface area contributed by atoms with Crippen molar-refractivity contribution >= 4 is 43.6 Å². The normalized spacial score (nSPS) is 11.5. The van der Waals surface area contributed by atoms with Crippen LogP contribution in [-0.4, -0.2) is 29.1 Å². The Bertz CT molecular complexity index is 3630. The second kappa shape index (κ2) is 16.3. The third kappa shape index (κ3) is 6.66. The summed E-state index contributed by atoms with van der Waals surface area (Å²) in [6.45, 7) is 0. The molecule has 0 bridgehead atoms. The minimum absolute atomic E-state index is 0.613. The summed E-state index contributed by atoms with van der Waals surface area (Å²) < 4.78 is 4.51. The lowest BCUT2D eigenvalue weighted by molar-refractivity contribution is 0.996. The standard InChI is InChI=1S/C62H40N6/c1-5-20-41(21-6-1)53-39-54(42-22-7-2-8-23-42)64-61(63-53)67-57-36-15-13-30-49(57)51-34-18-32-47(59(51)67)45-28-17-29-46(38-45)48-33-19-35-52-50-31-14-16-37-58(50)68(60(48)52)62-65-55(43-24-9-3-10-25-43)40-56(66-62)44-26-11-4-12-27-44/h1-40H. The van der Waals surface area contributed by atoms with Gasteiger partial charge in [-0.25, -0.2) is 19.9 Å². The van der Waals surface area contributed by atoms with Crippen molar-refractivity contribution in [3.8, 4) is 79.2 Å². The summed E-state index contributed by atoms with van der Waals surface area (Å²) in [4.78, 5) is 21.4. The van der Waals surface area contributed by atoms with Crippen LogP contribution in [0.4, 0.5) is 0 Å². The van der Waals surface area contributed by atoms with Crippen molar-refractivity contribution in [3.05, 3.63) is 243 Å². The molecular weight excluding hydrogens is 829 g/mol. The Hall–Kier alpha value is -9.26. The Morgan fingerprint density at radius 1 is 0.235 bits per heavy atom. The number of para-hydroxylation sites is 4. The van der Waals surface area contributed by atoms with E-state index in [0.717, 1.165) is 111 Å². The van der Waals surface area contributed by atoms with Crippen LogP contribution in [0.1, 0.15) is 0 Å². The zero-order chi connectivity index (χ0) is 45.0. The molecular formula is C62H40N6. The molecule has 68 heavy (non-hydrogen) atoms. The van der Waals surface area contributed by atoms with Crippen molar-refractivity contribution in [2.75, 3.05) is 0 Å². The van der Waals surface area contributed by atoms with Gasteiger partial charge in [0.2, 0.25) is 11.9 Å². The van der Waals surface area contributed by atoms with Gasteiger partial charge >= 0.3 is 0 Å². The summed E-state index contributed by atoms with van der Waals surface area (Å²) in [5.41, 5.74) is 16.0. The molecule has 4 aromatic heterocycles. The fourth-order valence-electron chi connectivity index (χ4n) is 9.87. The fraction of sp³-hybridized carbons (Fsp3) is 0. The molecule has 6 nitrogen and oxygen atoms in total. The van der Waals surface area contributed by atoms with E-state index in [0.29, 0.717) is 11.9 Å². The minimum Gasteiger partial charge on any atom is -0.277 e. The molecule has 318 valence electrons. The highest BCUT2D eigenvalue weighted by atomic mass is 15.2. The molecule has 0 saturated carbocycles. The van der Waals surface area contributed by atoms with Crippen LogP contribution in [0, 0.1) is 0 Å². The lowest BCUT2D eigenvalue weighted by atomic mass is 9.96. The van der Waals surface area contributed by atoms with Crippen LogP contribution in [0.5, 0.6) is 0 Å². The average Bonchev–Trinajstić information content (AvgIpc) is 3.95. The van der Waals surface area contributed by atoms with Gasteiger partial charge < -0.3 is 0 Å². The van der Waals surface area contributed by atoms with Crippen LogP contribution in [0.2, 0.25) is 0 Å². The van der Waals surface area contributed by atoms with E-state index in [2.05, 4.69) is 228 Å². The Kier molecular flexibility index (Phi) is 9.39. The van der Waals surface area contributed by atoms with E-state index >= 15 is 0 Å². The molecule has 0 aliphatic carbocycles. The second-order valence-electron chi connectivity index (χ2n) is 17.0. The minimum atomic E-state index is 0.613.